The van der Waals surface area contributed by atoms with E-state index in [2.05, 4.69) is 16.4 Å². The molecule has 40 heavy (non-hydrogen) atoms. The molecule has 0 spiro atoms. The third-order valence-electron chi connectivity index (χ3n) is 6.06. The predicted molar refractivity (Wildman–Crippen MR) is 157 cm³/mol. The molecule has 0 atom stereocenters. The molecule has 0 saturated carbocycles. The quantitative estimate of drug-likeness (QED) is 0.136. The maximum absolute atomic E-state index is 13.1. The Hall–Kier alpha value is -4.56. The number of carbonyl (C=O) groups is 2. The first-order valence-electron chi connectivity index (χ1n) is 12.5. The van der Waals surface area contributed by atoms with Gasteiger partial charge < -0.3 is 24.3 Å². The number of halogens is 1. The van der Waals surface area contributed by atoms with E-state index in [9.17, 15) is 9.59 Å². The van der Waals surface area contributed by atoms with E-state index in [0.29, 0.717) is 16.3 Å². The molecule has 4 aromatic rings. The Morgan fingerprint density at radius 3 is 2.38 bits per heavy atom. The van der Waals surface area contributed by atoms with E-state index in [1.54, 1.807) is 31.3 Å². The Labute approximate surface area is 237 Å². The van der Waals surface area contributed by atoms with Gasteiger partial charge >= 0.3 is 6.16 Å². The number of amides is 1. The van der Waals surface area contributed by atoms with Gasteiger partial charge in [0.05, 0.1) is 38.2 Å². The molecule has 1 aromatic heterocycles. The lowest BCUT2D eigenvalue weighted by Gasteiger charge is -2.16. The van der Waals surface area contributed by atoms with Crippen LogP contribution in [0.4, 0.5) is 10.5 Å². The zero-order valence-corrected chi connectivity index (χ0v) is 23.6. The lowest BCUT2D eigenvalue weighted by molar-refractivity contribution is -0.111. The van der Waals surface area contributed by atoms with Crippen LogP contribution in [0.2, 0.25) is 5.02 Å². The standard InChI is InChI=1S/C31H29ClN2O6/c1-6-39-31(36)40-30-25(37-4)15-20(16-26(30)38-5)11-12-27(35)34-24-17-33-29-19(3)13-18(2)14-22(29)28(24)21-9-7-8-10-23(21)32/h7-17H,6H2,1-5H3,(H,34,35)/b12-11+. The lowest BCUT2D eigenvalue weighted by Crippen LogP contribution is -2.11. The Morgan fingerprint density at radius 2 is 1.73 bits per heavy atom. The van der Waals surface area contributed by atoms with Crippen molar-refractivity contribution in [1.29, 1.82) is 0 Å². The Kier molecular flexibility index (Phi) is 8.91. The first-order valence-corrected chi connectivity index (χ1v) is 12.9. The number of hydrogen-bond acceptors (Lipinski definition) is 7. The van der Waals surface area contributed by atoms with Gasteiger partial charge in [-0.05, 0) is 62.2 Å². The Morgan fingerprint density at radius 1 is 1.02 bits per heavy atom. The molecule has 0 radical (unpaired) electrons. The summed E-state index contributed by atoms with van der Waals surface area (Å²) in [4.78, 5) is 29.6. The van der Waals surface area contributed by atoms with Crippen LogP contribution in [0, 0.1) is 13.8 Å². The van der Waals surface area contributed by atoms with Gasteiger partial charge in [0.25, 0.3) is 0 Å². The van der Waals surface area contributed by atoms with Crippen LogP contribution >= 0.6 is 11.6 Å². The molecule has 0 unspecified atom stereocenters. The molecule has 1 amide bonds. The van der Waals surface area contributed by atoms with Crippen molar-refractivity contribution in [1.82, 2.24) is 4.98 Å². The second-order valence-corrected chi connectivity index (χ2v) is 9.27. The van der Waals surface area contributed by atoms with E-state index < -0.39 is 6.16 Å². The van der Waals surface area contributed by atoms with Gasteiger partial charge in [0.15, 0.2) is 11.5 Å². The molecular formula is C31H29ClN2O6. The molecule has 0 aliphatic carbocycles. The zero-order chi connectivity index (χ0) is 28.8. The molecule has 0 aliphatic rings. The first-order chi connectivity index (χ1) is 19.2. The van der Waals surface area contributed by atoms with Crippen molar-refractivity contribution in [2.75, 3.05) is 26.1 Å². The first kappa shape index (κ1) is 28.4. The smallest absolute Gasteiger partial charge is 0.493 e. The van der Waals surface area contributed by atoms with Gasteiger partial charge in [-0.1, -0.05) is 41.4 Å². The van der Waals surface area contributed by atoms with Crippen LogP contribution in [0.5, 0.6) is 17.2 Å². The van der Waals surface area contributed by atoms with Crippen molar-refractivity contribution < 1.29 is 28.5 Å². The van der Waals surface area contributed by atoms with Crippen molar-refractivity contribution in [3.05, 3.63) is 82.5 Å². The van der Waals surface area contributed by atoms with Crippen LogP contribution in [-0.4, -0.2) is 37.9 Å². The monoisotopic (exact) mass is 560 g/mol. The summed E-state index contributed by atoms with van der Waals surface area (Å²) in [5.74, 6) is 0.154. The molecule has 9 heteroatoms. The molecule has 3 aromatic carbocycles. The molecule has 8 nitrogen and oxygen atoms in total. The molecule has 1 N–H and O–H groups in total. The predicted octanol–water partition coefficient (Wildman–Crippen LogP) is 7.38. The highest BCUT2D eigenvalue weighted by molar-refractivity contribution is 6.34. The third-order valence-corrected chi connectivity index (χ3v) is 6.39. The Balaban J connectivity index is 1.69. The number of methoxy groups -OCH3 is 2. The van der Waals surface area contributed by atoms with Gasteiger partial charge in [-0.2, -0.15) is 0 Å². The van der Waals surface area contributed by atoms with Crippen LogP contribution in [-0.2, 0) is 9.53 Å². The van der Waals surface area contributed by atoms with Crippen LogP contribution in [0.3, 0.4) is 0 Å². The minimum atomic E-state index is -0.884. The zero-order valence-electron chi connectivity index (χ0n) is 22.8. The largest absolute Gasteiger partial charge is 0.514 e. The molecule has 1 heterocycles. The number of nitrogens with zero attached hydrogens (tertiary/aromatic N) is 1. The SMILES string of the molecule is CCOC(=O)Oc1c(OC)cc(/C=C/C(=O)Nc2cnc3c(C)cc(C)cc3c2-c2ccccc2Cl)cc1OC. The van der Waals surface area contributed by atoms with Gasteiger partial charge in [0, 0.05) is 27.6 Å². The fourth-order valence-corrected chi connectivity index (χ4v) is 4.61. The topological polar surface area (TPSA) is 96.0 Å². The van der Waals surface area contributed by atoms with Crippen molar-refractivity contribution in [3.8, 4) is 28.4 Å². The minimum absolute atomic E-state index is 0.0715. The van der Waals surface area contributed by atoms with Gasteiger partial charge in [-0.3, -0.25) is 9.78 Å². The van der Waals surface area contributed by atoms with E-state index in [0.717, 1.165) is 33.2 Å². The van der Waals surface area contributed by atoms with Gasteiger partial charge in [-0.15, -0.1) is 0 Å². The van der Waals surface area contributed by atoms with Gasteiger partial charge in [-0.25, -0.2) is 4.79 Å². The van der Waals surface area contributed by atoms with Crippen LogP contribution in [0.1, 0.15) is 23.6 Å². The molecule has 0 aliphatic heterocycles. The summed E-state index contributed by atoms with van der Waals surface area (Å²) < 4.78 is 20.8. The molecule has 206 valence electrons. The number of pyridine rings is 1. The number of anilines is 1. The number of benzene rings is 3. The van der Waals surface area contributed by atoms with E-state index in [1.165, 1.54) is 20.3 Å². The van der Waals surface area contributed by atoms with Crippen molar-refractivity contribution in [2.24, 2.45) is 0 Å². The molecule has 0 saturated heterocycles. The second-order valence-electron chi connectivity index (χ2n) is 8.87. The normalized spacial score (nSPS) is 10.9. The van der Waals surface area contributed by atoms with E-state index in [-0.39, 0.29) is 29.8 Å². The van der Waals surface area contributed by atoms with E-state index >= 15 is 0 Å². The number of hydrogen-bond donors (Lipinski definition) is 1. The number of ether oxygens (including phenoxy) is 4. The summed E-state index contributed by atoms with van der Waals surface area (Å²) in [5.41, 5.74) is 5.60. The fraction of sp³-hybridized carbons (Fsp3) is 0.194. The number of rotatable bonds is 8. The summed E-state index contributed by atoms with van der Waals surface area (Å²) in [6, 6.07) is 14.8. The van der Waals surface area contributed by atoms with Crippen molar-refractivity contribution in [3.63, 3.8) is 0 Å². The summed E-state index contributed by atoms with van der Waals surface area (Å²) in [7, 11) is 2.86. The minimum Gasteiger partial charge on any atom is -0.493 e. The van der Waals surface area contributed by atoms with E-state index in [1.807, 2.05) is 44.2 Å². The summed E-state index contributed by atoms with van der Waals surface area (Å²) in [5, 5.41) is 4.40. The number of nitrogens with one attached hydrogen (secondary N) is 1. The summed E-state index contributed by atoms with van der Waals surface area (Å²) in [6.07, 6.45) is 3.72. The summed E-state index contributed by atoms with van der Waals surface area (Å²) in [6.45, 7) is 5.85. The van der Waals surface area contributed by atoms with Crippen LogP contribution in [0.15, 0.2) is 60.8 Å². The number of fused-ring (bicyclic) bond motifs is 1. The third kappa shape index (κ3) is 6.18. The number of carbonyl (C=O) groups excluding carboxylic acids is 2. The van der Waals surface area contributed by atoms with Crippen LogP contribution < -0.4 is 19.5 Å². The van der Waals surface area contributed by atoms with Crippen LogP contribution in [0.25, 0.3) is 28.1 Å². The molecule has 0 bridgehead atoms. The number of aromatic nitrogens is 1. The lowest BCUT2D eigenvalue weighted by atomic mass is 9.96. The maximum atomic E-state index is 13.1. The fourth-order valence-electron chi connectivity index (χ4n) is 4.38. The number of aryl methyl sites for hydroxylation is 2. The van der Waals surface area contributed by atoms with Crippen molar-refractivity contribution >= 4 is 46.3 Å². The Bertz CT molecular complexity index is 1590. The second kappa shape index (κ2) is 12.5. The average molecular weight is 561 g/mol. The molecule has 0 fully saturated rings. The summed E-state index contributed by atoms with van der Waals surface area (Å²) >= 11 is 6.60. The maximum Gasteiger partial charge on any atom is 0.514 e. The van der Waals surface area contributed by atoms with Crippen molar-refractivity contribution in [2.45, 2.75) is 20.8 Å². The molecular weight excluding hydrogens is 532 g/mol. The van der Waals surface area contributed by atoms with Gasteiger partial charge in [0.2, 0.25) is 11.7 Å². The average Bonchev–Trinajstić information content (AvgIpc) is 2.92. The highest BCUT2D eigenvalue weighted by Gasteiger charge is 2.19. The highest BCUT2D eigenvalue weighted by Crippen LogP contribution is 2.40. The van der Waals surface area contributed by atoms with E-state index in [4.69, 9.17) is 30.5 Å². The van der Waals surface area contributed by atoms with Gasteiger partial charge in [0.1, 0.15) is 0 Å². The highest BCUT2D eigenvalue weighted by atomic mass is 35.5. The molecule has 4 rings (SSSR count).